The molecule has 0 atom stereocenters. The van der Waals surface area contributed by atoms with Crippen LogP contribution < -0.4 is 9.47 Å². The molecule has 0 aliphatic heterocycles. The molecular weight excluding hydrogens is 422 g/mol. The molecule has 0 saturated heterocycles. The SMILES string of the molecule is COc1cccc(/C=C/C(=O)c2c(C)nc3ccccc3c2-c2ccc(Cl)cc2)c1OC. The second-order valence-electron chi connectivity index (χ2n) is 7.25. The van der Waals surface area contributed by atoms with Crippen molar-refractivity contribution in [3.05, 3.63) is 94.6 Å². The lowest BCUT2D eigenvalue weighted by molar-refractivity contribution is 0.104. The molecular formula is C27H22ClNO3. The number of halogens is 1. The number of hydrogen-bond acceptors (Lipinski definition) is 4. The fourth-order valence-corrected chi connectivity index (χ4v) is 3.97. The fourth-order valence-electron chi connectivity index (χ4n) is 3.84. The van der Waals surface area contributed by atoms with Gasteiger partial charge in [-0.3, -0.25) is 9.78 Å². The topological polar surface area (TPSA) is 48.4 Å². The zero-order valence-corrected chi connectivity index (χ0v) is 18.8. The molecule has 0 aliphatic rings. The minimum absolute atomic E-state index is 0.143. The summed E-state index contributed by atoms with van der Waals surface area (Å²) in [6.07, 6.45) is 3.29. The van der Waals surface area contributed by atoms with Crippen molar-refractivity contribution in [2.24, 2.45) is 0 Å². The van der Waals surface area contributed by atoms with Gasteiger partial charge in [0, 0.05) is 27.2 Å². The van der Waals surface area contributed by atoms with Crippen LogP contribution in [0.15, 0.2) is 72.8 Å². The van der Waals surface area contributed by atoms with E-state index in [1.54, 1.807) is 26.4 Å². The first-order chi connectivity index (χ1) is 15.5. The highest BCUT2D eigenvalue weighted by molar-refractivity contribution is 6.30. The van der Waals surface area contributed by atoms with E-state index in [2.05, 4.69) is 0 Å². The van der Waals surface area contributed by atoms with E-state index >= 15 is 0 Å². The average Bonchev–Trinajstić information content (AvgIpc) is 2.81. The summed E-state index contributed by atoms with van der Waals surface area (Å²) in [5.41, 5.74) is 4.57. The smallest absolute Gasteiger partial charge is 0.188 e. The molecule has 4 nitrogen and oxygen atoms in total. The molecule has 0 bridgehead atoms. The third kappa shape index (κ3) is 4.10. The Morgan fingerprint density at radius 1 is 0.938 bits per heavy atom. The number of methoxy groups -OCH3 is 2. The first-order valence-corrected chi connectivity index (χ1v) is 10.5. The summed E-state index contributed by atoms with van der Waals surface area (Å²) < 4.78 is 10.8. The lowest BCUT2D eigenvalue weighted by Gasteiger charge is -2.14. The predicted octanol–water partition coefficient (Wildman–Crippen LogP) is 6.78. The van der Waals surface area contributed by atoms with Crippen molar-refractivity contribution < 1.29 is 14.3 Å². The van der Waals surface area contributed by atoms with Gasteiger partial charge in [-0.1, -0.05) is 54.1 Å². The summed E-state index contributed by atoms with van der Waals surface area (Å²) in [5.74, 6) is 1.04. The maximum absolute atomic E-state index is 13.5. The van der Waals surface area contributed by atoms with E-state index < -0.39 is 0 Å². The number of benzene rings is 3. The molecule has 160 valence electrons. The van der Waals surface area contributed by atoms with Gasteiger partial charge in [0.05, 0.1) is 25.3 Å². The van der Waals surface area contributed by atoms with E-state index in [0.717, 1.165) is 27.6 Å². The number of fused-ring (bicyclic) bond motifs is 1. The Kier molecular flexibility index (Phi) is 6.24. The minimum atomic E-state index is -0.143. The summed E-state index contributed by atoms with van der Waals surface area (Å²) in [4.78, 5) is 18.2. The summed E-state index contributed by atoms with van der Waals surface area (Å²) >= 11 is 6.11. The number of carbonyl (C=O) groups excluding carboxylic acids is 1. The van der Waals surface area contributed by atoms with Crippen LogP contribution in [-0.4, -0.2) is 25.0 Å². The number of carbonyl (C=O) groups is 1. The highest BCUT2D eigenvalue weighted by Crippen LogP contribution is 2.35. The molecule has 0 radical (unpaired) electrons. The molecule has 5 heteroatoms. The molecule has 4 aromatic rings. The predicted molar refractivity (Wildman–Crippen MR) is 130 cm³/mol. The summed E-state index contributed by atoms with van der Waals surface area (Å²) in [5, 5.41) is 1.55. The Labute approximate surface area is 192 Å². The normalized spacial score (nSPS) is 11.1. The number of aromatic nitrogens is 1. The van der Waals surface area contributed by atoms with Gasteiger partial charge in [0.15, 0.2) is 17.3 Å². The number of para-hydroxylation sites is 2. The fraction of sp³-hybridized carbons (Fsp3) is 0.111. The number of ether oxygens (including phenoxy) is 2. The Bertz CT molecular complexity index is 1330. The van der Waals surface area contributed by atoms with Crippen molar-refractivity contribution in [3.63, 3.8) is 0 Å². The first-order valence-electron chi connectivity index (χ1n) is 10.1. The minimum Gasteiger partial charge on any atom is -0.493 e. The zero-order chi connectivity index (χ0) is 22.7. The van der Waals surface area contributed by atoms with E-state index in [4.69, 9.17) is 26.1 Å². The van der Waals surface area contributed by atoms with Gasteiger partial charge in [0.25, 0.3) is 0 Å². The van der Waals surface area contributed by atoms with Crippen molar-refractivity contribution in [1.82, 2.24) is 4.98 Å². The number of rotatable bonds is 6. The lowest BCUT2D eigenvalue weighted by Crippen LogP contribution is -2.05. The molecule has 3 aromatic carbocycles. The molecule has 0 aliphatic carbocycles. The number of pyridine rings is 1. The van der Waals surface area contributed by atoms with E-state index in [0.29, 0.717) is 27.8 Å². The Morgan fingerprint density at radius 2 is 1.69 bits per heavy atom. The molecule has 1 aromatic heterocycles. The van der Waals surface area contributed by atoms with Crippen LogP contribution in [0.5, 0.6) is 11.5 Å². The number of ketones is 1. The van der Waals surface area contributed by atoms with Crippen LogP contribution in [0.3, 0.4) is 0 Å². The van der Waals surface area contributed by atoms with Crippen LogP contribution >= 0.6 is 11.6 Å². The van der Waals surface area contributed by atoms with Gasteiger partial charge in [0.1, 0.15) is 0 Å². The van der Waals surface area contributed by atoms with E-state index in [1.165, 1.54) is 0 Å². The Hall–Kier alpha value is -3.63. The average molecular weight is 444 g/mol. The molecule has 0 amide bonds. The number of nitrogens with zero attached hydrogens (tertiary/aromatic N) is 1. The zero-order valence-electron chi connectivity index (χ0n) is 18.1. The molecule has 0 saturated carbocycles. The third-order valence-corrected chi connectivity index (χ3v) is 5.55. The highest BCUT2D eigenvalue weighted by Gasteiger charge is 2.19. The van der Waals surface area contributed by atoms with Gasteiger partial charge in [0.2, 0.25) is 0 Å². The van der Waals surface area contributed by atoms with Crippen molar-refractivity contribution in [2.75, 3.05) is 14.2 Å². The molecule has 0 N–H and O–H groups in total. The Balaban J connectivity index is 1.87. The summed E-state index contributed by atoms with van der Waals surface area (Å²) in [6.45, 7) is 1.86. The second-order valence-corrected chi connectivity index (χ2v) is 7.69. The van der Waals surface area contributed by atoms with Crippen LogP contribution in [0, 0.1) is 6.92 Å². The standard InChI is InChI=1S/C27H22ClNO3/c1-17-25(23(30)16-13-19-7-6-10-24(31-2)27(19)32-3)26(18-11-14-20(28)15-12-18)21-8-4-5-9-22(21)29-17/h4-16H,1-3H3/b16-13+. The highest BCUT2D eigenvalue weighted by atomic mass is 35.5. The molecule has 4 rings (SSSR count). The van der Waals surface area contributed by atoms with Gasteiger partial charge in [-0.15, -0.1) is 0 Å². The molecule has 1 heterocycles. The van der Waals surface area contributed by atoms with Gasteiger partial charge in [-0.2, -0.15) is 0 Å². The van der Waals surface area contributed by atoms with Gasteiger partial charge < -0.3 is 9.47 Å². The maximum atomic E-state index is 13.5. The third-order valence-electron chi connectivity index (χ3n) is 5.30. The maximum Gasteiger partial charge on any atom is 0.188 e. The molecule has 32 heavy (non-hydrogen) atoms. The molecule has 0 fully saturated rings. The largest absolute Gasteiger partial charge is 0.493 e. The quantitative estimate of drug-likeness (QED) is 0.243. The van der Waals surface area contributed by atoms with Crippen LogP contribution in [0.1, 0.15) is 21.6 Å². The summed E-state index contributed by atoms with van der Waals surface area (Å²) in [6, 6.07) is 20.9. The molecule has 0 unspecified atom stereocenters. The van der Waals surface area contributed by atoms with Crippen molar-refractivity contribution in [1.29, 1.82) is 0 Å². The number of aryl methyl sites for hydroxylation is 1. The molecule has 0 spiro atoms. The van der Waals surface area contributed by atoms with Crippen molar-refractivity contribution in [2.45, 2.75) is 6.92 Å². The van der Waals surface area contributed by atoms with Crippen LogP contribution in [-0.2, 0) is 0 Å². The van der Waals surface area contributed by atoms with Crippen molar-refractivity contribution >= 4 is 34.4 Å². The van der Waals surface area contributed by atoms with E-state index in [9.17, 15) is 4.79 Å². The Morgan fingerprint density at radius 3 is 2.41 bits per heavy atom. The monoisotopic (exact) mass is 443 g/mol. The van der Waals surface area contributed by atoms with Crippen molar-refractivity contribution in [3.8, 4) is 22.6 Å². The number of allylic oxidation sites excluding steroid dienone is 1. The van der Waals surface area contributed by atoms with Crippen LogP contribution in [0.2, 0.25) is 5.02 Å². The summed E-state index contributed by atoms with van der Waals surface area (Å²) in [7, 11) is 3.16. The van der Waals surface area contributed by atoms with E-state index in [1.807, 2.05) is 73.7 Å². The van der Waals surface area contributed by atoms with Gasteiger partial charge >= 0.3 is 0 Å². The van der Waals surface area contributed by atoms with Gasteiger partial charge in [-0.05, 0) is 48.9 Å². The van der Waals surface area contributed by atoms with Crippen LogP contribution in [0.4, 0.5) is 0 Å². The first kappa shape index (κ1) is 21.6. The van der Waals surface area contributed by atoms with Gasteiger partial charge in [-0.25, -0.2) is 0 Å². The van der Waals surface area contributed by atoms with Crippen LogP contribution in [0.25, 0.3) is 28.1 Å². The van der Waals surface area contributed by atoms with E-state index in [-0.39, 0.29) is 5.78 Å². The number of hydrogen-bond donors (Lipinski definition) is 0. The second kappa shape index (κ2) is 9.25. The lowest BCUT2D eigenvalue weighted by atomic mass is 9.92.